The lowest BCUT2D eigenvalue weighted by Crippen LogP contribution is -2.65. The van der Waals surface area contributed by atoms with Gasteiger partial charge in [0.2, 0.25) is 0 Å². The number of nitrogen functional groups attached to an aromatic ring is 1. The van der Waals surface area contributed by atoms with Crippen LogP contribution in [0.2, 0.25) is 36.3 Å². The van der Waals surface area contributed by atoms with Crippen molar-refractivity contribution in [2.45, 2.75) is 84.7 Å². The van der Waals surface area contributed by atoms with Gasteiger partial charge in [0.15, 0.2) is 0 Å². The molecule has 0 atom stereocenters. The zero-order valence-electron chi connectivity index (χ0n) is 17.9. The minimum atomic E-state index is -1.77. The van der Waals surface area contributed by atoms with Crippen LogP contribution in [0.1, 0.15) is 54.0 Å². The smallest absolute Gasteiger partial charge is 0.0884 e. The summed E-state index contributed by atoms with van der Waals surface area (Å²) < 4.78 is 0. The van der Waals surface area contributed by atoms with Gasteiger partial charge >= 0.3 is 0 Å². The Morgan fingerprint density at radius 2 is 1.29 bits per heavy atom. The molecule has 0 aliphatic heterocycles. The molecule has 0 unspecified atom stereocenters. The van der Waals surface area contributed by atoms with E-state index in [0.717, 1.165) is 16.8 Å². The summed E-state index contributed by atoms with van der Waals surface area (Å²) >= 11 is 0. The lowest BCUT2D eigenvalue weighted by atomic mass is 10.1. The fourth-order valence-electron chi connectivity index (χ4n) is 2.96. The number of nitrogens with two attached hydrogens (primary N) is 1. The third-order valence-corrected chi connectivity index (χ3v) is 18.1. The van der Waals surface area contributed by atoms with Gasteiger partial charge in [-0.15, -0.1) is 0 Å². The van der Waals surface area contributed by atoms with Crippen LogP contribution in [0.5, 0.6) is 0 Å². The molecular weight excluding hydrogens is 322 g/mol. The topological polar surface area (TPSA) is 26.0 Å². The Kier molecular flexibility index (Phi) is 5.46. The van der Waals surface area contributed by atoms with Crippen molar-refractivity contribution in [2.75, 3.05) is 5.73 Å². The largest absolute Gasteiger partial charge is 0.398 e. The number of anilines is 1. The Labute approximate surface area is 152 Å². The van der Waals surface area contributed by atoms with Crippen molar-refractivity contribution in [1.29, 1.82) is 0 Å². The normalized spacial score (nSPS) is 14.0. The lowest BCUT2D eigenvalue weighted by Gasteiger charge is -2.45. The van der Waals surface area contributed by atoms with Crippen LogP contribution < -0.4 is 16.1 Å². The molecule has 1 nitrogen and oxygen atoms in total. The van der Waals surface area contributed by atoms with Crippen LogP contribution in [0.25, 0.3) is 5.57 Å². The Hall–Kier alpha value is -0.806. The molecule has 0 aromatic heterocycles. The molecule has 0 aliphatic carbocycles. The quantitative estimate of drug-likeness (QED) is 0.539. The number of hydrogen-bond donors (Lipinski definition) is 1. The molecule has 0 fully saturated rings. The lowest BCUT2D eigenvalue weighted by molar-refractivity contribution is 0.726. The van der Waals surface area contributed by atoms with E-state index in [1.165, 1.54) is 5.19 Å². The predicted octanol–water partition coefficient (Wildman–Crippen LogP) is 5.73. The molecule has 3 heteroatoms. The number of hydrogen-bond acceptors (Lipinski definition) is 1. The van der Waals surface area contributed by atoms with Crippen LogP contribution in [0.4, 0.5) is 5.69 Å². The Bertz CT molecular complexity index is 641. The zero-order chi connectivity index (χ0) is 19.3. The Morgan fingerprint density at radius 3 is 1.62 bits per heavy atom. The van der Waals surface area contributed by atoms with Gasteiger partial charge in [-0.25, -0.2) is 0 Å². The molecular formula is C21H39NSi2. The van der Waals surface area contributed by atoms with Crippen molar-refractivity contribution in [1.82, 2.24) is 0 Å². The summed E-state index contributed by atoms with van der Waals surface area (Å²) in [5.74, 6) is 0. The summed E-state index contributed by atoms with van der Waals surface area (Å²) in [6.45, 7) is 30.5. The van der Waals surface area contributed by atoms with E-state index in [4.69, 9.17) is 5.73 Å². The van der Waals surface area contributed by atoms with Gasteiger partial charge in [-0.3, -0.25) is 0 Å². The molecule has 0 saturated carbocycles. The molecule has 0 spiro atoms. The SMILES string of the molecule is C=C(C)c1ccc([Si](C)(C)C(C)(C)C)c([Si](C)(C)C(C)(C)C)c1N. The van der Waals surface area contributed by atoms with E-state index in [2.05, 4.69) is 93.4 Å². The van der Waals surface area contributed by atoms with E-state index >= 15 is 0 Å². The van der Waals surface area contributed by atoms with Gasteiger partial charge in [0.05, 0.1) is 16.1 Å². The van der Waals surface area contributed by atoms with E-state index in [-0.39, 0.29) is 5.04 Å². The van der Waals surface area contributed by atoms with Crippen LogP contribution in [0.15, 0.2) is 18.7 Å². The summed E-state index contributed by atoms with van der Waals surface area (Å²) in [6, 6.07) is 4.60. The van der Waals surface area contributed by atoms with Gasteiger partial charge < -0.3 is 5.73 Å². The first-order valence-electron chi connectivity index (χ1n) is 9.05. The van der Waals surface area contributed by atoms with Gasteiger partial charge in [0.25, 0.3) is 0 Å². The van der Waals surface area contributed by atoms with Gasteiger partial charge in [0.1, 0.15) is 0 Å². The average Bonchev–Trinajstić information content (AvgIpc) is 2.34. The summed E-state index contributed by atoms with van der Waals surface area (Å²) in [5.41, 5.74) is 10.0. The highest BCUT2D eigenvalue weighted by Crippen LogP contribution is 2.40. The molecule has 0 heterocycles. The molecule has 1 rings (SSSR count). The zero-order valence-corrected chi connectivity index (χ0v) is 19.9. The molecule has 136 valence electrons. The summed E-state index contributed by atoms with van der Waals surface area (Å²) in [6.07, 6.45) is 0. The maximum atomic E-state index is 6.80. The van der Waals surface area contributed by atoms with Gasteiger partial charge in [0, 0.05) is 5.69 Å². The highest BCUT2D eigenvalue weighted by Gasteiger charge is 2.45. The second kappa shape index (κ2) is 6.17. The average molecular weight is 362 g/mol. The summed E-state index contributed by atoms with van der Waals surface area (Å²) in [4.78, 5) is 0. The second-order valence-corrected chi connectivity index (χ2v) is 21.0. The van der Waals surface area contributed by atoms with Gasteiger partial charge in [-0.2, -0.15) is 0 Å². The first kappa shape index (κ1) is 21.2. The summed E-state index contributed by atoms with van der Waals surface area (Å²) in [5, 5.41) is 3.60. The van der Waals surface area contributed by atoms with Gasteiger partial charge in [-0.05, 0) is 33.3 Å². The van der Waals surface area contributed by atoms with E-state index in [1.54, 1.807) is 5.19 Å². The molecule has 24 heavy (non-hydrogen) atoms. The fourth-order valence-corrected chi connectivity index (χ4v) is 9.22. The predicted molar refractivity (Wildman–Crippen MR) is 119 cm³/mol. The van der Waals surface area contributed by atoms with Crippen LogP contribution in [-0.4, -0.2) is 16.1 Å². The van der Waals surface area contributed by atoms with Crippen molar-refractivity contribution in [3.05, 3.63) is 24.3 Å². The van der Waals surface area contributed by atoms with Gasteiger partial charge in [-0.1, -0.05) is 91.6 Å². The van der Waals surface area contributed by atoms with E-state index in [9.17, 15) is 0 Å². The third kappa shape index (κ3) is 3.43. The minimum absolute atomic E-state index is 0.256. The number of benzene rings is 1. The van der Waals surface area contributed by atoms with Crippen molar-refractivity contribution in [3.63, 3.8) is 0 Å². The molecule has 2 N–H and O–H groups in total. The Morgan fingerprint density at radius 1 is 0.875 bits per heavy atom. The first-order valence-corrected chi connectivity index (χ1v) is 15.1. The van der Waals surface area contributed by atoms with Crippen molar-refractivity contribution >= 4 is 37.8 Å². The molecule has 0 amide bonds. The summed E-state index contributed by atoms with van der Waals surface area (Å²) in [7, 11) is -3.45. The molecule has 0 bridgehead atoms. The molecule has 1 aromatic carbocycles. The van der Waals surface area contributed by atoms with E-state index < -0.39 is 16.1 Å². The highest BCUT2D eigenvalue weighted by atomic mass is 28.3. The molecule has 0 saturated heterocycles. The highest BCUT2D eigenvalue weighted by molar-refractivity contribution is 7.02. The standard InChI is InChI=1S/C21H39NSi2/c1-15(2)16-13-14-17(23(9,10)20(3,4)5)19(18(16)22)24(11,12)21(6,7)8/h13-14H,1,22H2,2-12H3. The van der Waals surface area contributed by atoms with Crippen molar-refractivity contribution < 1.29 is 0 Å². The first-order chi connectivity index (χ1) is 10.5. The molecule has 0 radical (unpaired) electrons. The van der Waals surface area contributed by atoms with Crippen molar-refractivity contribution in [2.24, 2.45) is 0 Å². The van der Waals surface area contributed by atoms with E-state index in [0.29, 0.717) is 5.04 Å². The second-order valence-electron chi connectivity index (χ2n) is 10.5. The fraction of sp³-hybridized carbons (Fsp3) is 0.619. The van der Waals surface area contributed by atoms with Crippen LogP contribution >= 0.6 is 0 Å². The maximum absolute atomic E-state index is 6.80. The number of allylic oxidation sites excluding steroid dienone is 1. The van der Waals surface area contributed by atoms with E-state index in [1.807, 2.05) is 0 Å². The molecule has 0 aliphatic rings. The monoisotopic (exact) mass is 361 g/mol. The Balaban J connectivity index is 3.95. The van der Waals surface area contributed by atoms with Crippen LogP contribution in [0.3, 0.4) is 0 Å². The van der Waals surface area contributed by atoms with Crippen LogP contribution in [0, 0.1) is 0 Å². The van der Waals surface area contributed by atoms with Crippen molar-refractivity contribution in [3.8, 4) is 0 Å². The third-order valence-electron chi connectivity index (χ3n) is 6.75. The number of rotatable bonds is 3. The minimum Gasteiger partial charge on any atom is -0.398 e. The molecule has 1 aromatic rings. The van der Waals surface area contributed by atoms with Crippen LogP contribution in [-0.2, 0) is 0 Å². The maximum Gasteiger partial charge on any atom is 0.0884 e.